The molecule has 0 aliphatic carbocycles. The third-order valence-electron chi connectivity index (χ3n) is 4.09. The highest BCUT2D eigenvalue weighted by Crippen LogP contribution is 2.27. The number of furan rings is 1. The number of para-hydroxylation sites is 1. The maximum atomic E-state index is 12.5. The molecule has 9 heteroatoms. The molecule has 0 fully saturated rings. The van der Waals surface area contributed by atoms with Gasteiger partial charge in [-0.3, -0.25) is 9.89 Å². The van der Waals surface area contributed by atoms with Crippen molar-refractivity contribution < 1.29 is 27.5 Å². The summed E-state index contributed by atoms with van der Waals surface area (Å²) >= 11 is 0. The number of benzene rings is 2. The second kappa shape index (κ2) is 8.01. The van der Waals surface area contributed by atoms with Crippen LogP contribution in [0.4, 0.5) is 14.6 Å². The highest BCUT2D eigenvalue weighted by Gasteiger charge is 2.14. The molecule has 0 radical (unpaired) electrons. The normalized spacial score (nSPS) is 11.0. The third-order valence-corrected chi connectivity index (χ3v) is 4.09. The molecule has 0 aliphatic rings. The van der Waals surface area contributed by atoms with Gasteiger partial charge in [0.15, 0.2) is 11.6 Å². The molecule has 4 rings (SSSR count). The van der Waals surface area contributed by atoms with Crippen LogP contribution < -0.4 is 14.8 Å². The van der Waals surface area contributed by atoms with E-state index in [0.29, 0.717) is 28.0 Å². The van der Waals surface area contributed by atoms with E-state index >= 15 is 0 Å². The number of halogens is 2. The Hall–Kier alpha value is -3.88. The molecule has 2 aromatic carbocycles. The Morgan fingerprint density at radius 1 is 1.17 bits per heavy atom. The molecule has 29 heavy (non-hydrogen) atoms. The zero-order valence-corrected chi connectivity index (χ0v) is 14.9. The van der Waals surface area contributed by atoms with Crippen molar-refractivity contribution in [2.45, 2.75) is 13.2 Å². The predicted molar refractivity (Wildman–Crippen MR) is 100 cm³/mol. The van der Waals surface area contributed by atoms with Gasteiger partial charge in [0, 0.05) is 17.0 Å². The topological polar surface area (TPSA) is 89.4 Å². The molecule has 7 nitrogen and oxygen atoms in total. The lowest BCUT2D eigenvalue weighted by molar-refractivity contribution is -0.0508. The maximum absolute atomic E-state index is 12.5. The molecule has 0 aliphatic heterocycles. The van der Waals surface area contributed by atoms with Gasteiger partial charge < -0.3 is 19.2 Å². The van der Waals surface area contributed by atoms with E-state index in [4.69, 9.17) is 9.15 Å². The van der Waals surface area contributed by atoms with Crippen molar-refractivity contribution in [3.8, 4) is 11.5 Å². The quantitative estimate of drug-likeness (QED) is 0.475. The van der Waals surface area contributed by atoms with E-state index in [1.807, 2.05) is 0 Å². The summed E-state index contributed by atoms with van der Waals surface area (Å²) in [5.41, 5.74) is 1.12. The third kappa shape index (κ3) is 4.18. The van der Waals surface area contributed by atoms with Crippen LogP contribution in [0.2, 0.25) is 0 Å². The van der Waals surface area contributed by atoms with Crippen molar-refractivity contribution in [3.05, 3.63) is 72.2 Å². The summed E-state index contributed by atoms with van der Waals surface area (Å²) in [7, 11) is 0. The largest absolute Gasteiger partial charge is 0.489 e. The molecule has 2 heterocycles. The number of ether oxygens (including phenoxy) is 2. The standard InChI is InChI=1S/C20H15F2N3O4/c21-20(22)29-16-5-2-1-4-12(16)11-28-13-7-8-14-15(10-13)24-25-18(14)23-19(26)17-6-3-9-27-17/h1-10,20H,11H2,(H2,23,24,25,26). The number of rotatable bonds is 7. The van der Waals surface area contributed by atoms with Gasteiger partial charge in [-0.05, 0) is 30.3 Å². The highest BCUT2D eigenvalue weighted by molar-refractivity contribution is 6.06. The summed E-state index contributed by atoms with van der Waals surface area (Å²) in [5, 5.41) is 10.3. The first-order valence-corrected chi connectivity index (χ1v) is 8.58. The van der Waals surface area contributed by atoms with Crippen molar-refractivity contribution in [1.82, 2.24) is 10.2 Å². The number of aromatic amines is 1. The molecule has 148 valence electrons. The first-order chi connectivity index (χ1) is 14.1. The summed E-state index contributed by atoms with van der Waals surface area (Å²) < 4.78 is 40.3. The average molecular weight is 399 g/mol. The smallest absolute Gasteiger partial charge is 0.387 e. The number of hydrogen-bond acceptors (Lipinski definition) is 5. The van der Waals surface area contributed by atoms with Crippen LogP contribution in [0.15, 0.2) is 65.3 Å². The van der Waals surface area contributed by atoms with E-state index in [-0.39, 0.29) is 18.1 Å². The van der Waals surface area contributed by atoms with E-state index in [1.165, 1.54) is 12.3 Å². The van der Waals surface area contributed by atoms with Crippen LogP contribution in [0.3, 0.4) is 0 Å². The van der Waals surface area contributed by atoms with Crippen LogP contribution in [0.25, 0.3) is 10.9 Å². The molecule has 2 aromatic heterocycles. The molecule has 4 aromatic rings. The van der Waals surface area contributed by atoms with E-state index in [1.54, 1.807) is 48.5 Å². The molecular formula is C20H15F2N3O4. The number of nitrogens with one attached hydrogen (secondary N) is 2. The SMILES string of the molecule is O=C(Nc1n[nH]c2cc(OCc3ccccc3OC(F)F)ccc12)c1ccco1. The molecular weight excluding hydrogens is 384 g/mol. The number of amides is 1. The van der Waals surface area contributed by atoms with Crippen molar-refractivity contribution in [2.75, 3.05) is 5.32 Å². The minimum absolute atomic E-state index is 0.0463. The first kappa shape index (κ1) is 18.5. The Morgan fingerprint density at radius 2 is 2.03 bits per heavy atom. The number of carbonyl (C=O) groups excluding carboxylic acids is 1. The monoisotopic (exact) mass is 399 g/mol. The number of H-pyrrole nitrogens is 1. The number of nitrogens with zero attached hydrogens (tertiary/aromatic N) is 1. The predicted octanol–water partition coefficient (Wildman–Crippen LogP) is 4.59. The minimum Gasteiger partial charge on any atom is -0.489 e. The fourth-order valence-electron chi connectivity index (χ4n) is 2.76. The molecule has 0 spiro atoms. The number of anilines is 1. The Morgan fingerprint density at radius 3 is 2.83 bits per heavy atom. The first-order valence-electron chi connectivity index (χ1n) is 8.58. The average Bonchev–Trinajstić information content (AvgIpc) is 3.37. The van der Waals surface area contributed by atoms with E-state index in [2.05, 4.69) is 20.3 Å². The highest BCUT2D eigenvalue weighted by atomic mass is 19.3. The van der Waals surface area contributed by atoms with Gasteiger partial charge in [0.25, 0.3) is 5.91 Å². The van der Waals surface area contributed by atoms with Gasteiger partial charge >= 0.3 is 6.61 Å². The minimum atomic E-state index is -2.91. The second-order valence-corrected chi connectivity index (χ2v) is 5.99. The summed E-state index contributed by atoms with van der Waals surface area (Å²) in [6.45, 7) is -2.86. The molecule has 2 N–H and O–H groups in total. The van der Waals surface area contributed by atoms with Crippen LogP contribution in [-0.4, -0.2) is 22.7 Å². The number of hydrogen-bond donors (Lipinski definition) is 2. The number of carbonyl (C=O) groups is 1. The molecule has 0 atom stereocenters. The molecule has 0 saturated heterocycles. The van der Waals surface area contributed by atoms with Crippen molar-refractivity contribution in [1.29, 1.82) is 0 Å². The lowest BCUT2D eigenvalue weighted by Gasteiger charge is -2.11. The van der Waals surface area contributed by atoms with Gasteiger partial charge in [-0.25, -0.2) is 0 Å². The molecule has 0 unspecified atom stereocenters. The van der Waals surface area contributed by atoms with Crippen molar-refractivity contribution >= 4 is 22.6 Å². The Bertz CT molecular complexity index is 1130. The van der Waals surface area contributed by atoms with Gasteiger partial charge in [-0.2, -0.15) is 13.9 Å². The van der Waals surface area contributed by atoms with E-state index in [9.17, 15) is 13.6 Å². The van der Waals surface area contributed by atoms with Gasteiger partial charge in [0.2, 0.25) is 0 Å². The summed E-state index contributed by atoms with van der Waals surface area (Å²) in [4.78, 5) is 12.1. The Balaban J connectivity index is 1.47. The Labute approximate surface area is 163 Å². The molecule has 0 saturated carbocycles. The van der Waals surface area contributed by atoms with Crippen LogP contribution >= 0.6 is 0 Å². The lowest BCUT2D eigenvalue weighted by Crippen LogP contribution is -2.11. The molecule has 0 bridgehead atoms. The van der Waals surface area contributed by atoms with E-state index in [0.717, 1.165) is 0 Å². The fraction of sp³-hybridized carbons (Fsp3) is 0.100. The van der Waals surface area contributed by atoms with Gasteiger partial charge in [0.1, 0.15) is 18.1 Å². The van der Waals surface area contributed by atoms with Crippen molar-refractivity contribution in [3.63, 3.8) is 0 Å². The van der Waals surface area contributed by atoms with Crippen LogP contribution in [0.1, 0.15) is 16.1 Å². The van der Waals surface area contributed by atoms with Gasteiger partial charge in [0.05, 0.1) is 11.8 Å². The Kier molecular flexibility index (Phi) is 5.10. The number of alkyl halides is 2. The summed E-state index contributed by atoms with van der Waals surface area (Å²) in [6.07, 6.45) is 1.41. The summed E-state index contributed by atoms with van der Waals surface area (Å²) in [6, 6.07) is 14.7. The number of aromatic nitrogens is 2. The fourth-order valence-corrected chi connectivity index (χ4v) is 2.76. The van der Waals surface area contributed by atoms with Gasteiger partial charge in [-0.15, -0.1) is 0 Å². The summed E-state index contributed by atoms with van der Waals surface area (Å²) in [5.74, 6) is 0.665. The zero-order valence-electron chi connectivity index (χ0n) is 14.9. The van der Waals surface area contributed by atoms with E-state index < -0.39 is 12.5 Å². The van der Waals surface area contributed by atoms with Crippen LogP contribution in [0.5, 0.6) is 11.5 Å². The lowest BCUT2D eigenvalue weighted by atomic mass is 10.2. The van der Waals surface area contributed by atoms with Crippen molar-refractivity contribution in [2.24, 2.45) is 0 Å². The van der Waals surface area contributed by atoms with Gasteiger partial charge in [-0.1, -0.05) is 18.2 Å². The zero-order chi connectivity index (χ0) is 20.2. The van der Waals surface area contributed by atoms with Crippen LogP contribution in [-0.2, 0) is 6.61 Å². The second-order valence-electron chi connectivity index (χ2n) is 5.99. The number of fused-ring (bicyclic) bond motifs is 1. The molecule has 1 amide bonds. The van der Waals surface area contributed by atoms with Crippen LogP contribution in [0, 0.1) is 0 Å². The maximum Gasteiger partial charge on any atom is 0.387 e.